The molecule has 2 heteroatoms. The topological polar surface area (TPSA) is 15.6 Å². The van der Waals surface area contributed by atoms with Gasteiger partial charge in [0, 0.05) is 26.0 Å². The fraction of sp³-hybridized carbons (Fsp3) is 0.118. The number of hydrogen-bond donors (Lipinski definition) is 0. The molecule has 0 amide bonds. The minimum Gasteiger partial charge on any atom is -0.378 e. The lowest BCUT2D eigenvalue weighted by molar-refractivity contribution is 1.13. The minimum absolute atomic E-state index is 0.968. The van der Waals surface area contributed by atoms with E-state index < -0.39 is 0 Å². The van der Waals surface area contributed by atoms with Gasteiger partial charge in [0.05, 0.1) is 5.69 Å². The molecule has 19 heavy (non-hydrogen) atoms. The molecule has 0 aliphatic heterocycles. The Labute approximate surface area is 114 Å². The predicted molar refractivity (Wildman–Crippen MR) is 84.4 cm³/mol. The maximum atomic E-state index is 4.35. The van der Waals surface area contributed by atoms with Gasteiger partial charge in [-0.3, -0.25) is 4.99 Å². The van der Waals surface area contributed by atoms with Crippen molar-refractivity contribution in [2.24, 2.45) is 4.99 Å². The van der Waals surface area contributed by atoms with Crippen LogP contribution in [-0.4, -0.2) is 20.3 Å². The molecule has 0 spiro atoms. The molecule has 0 fully saturated rings. The van der Waals surface area contributed by atoms with E-state index in [2.05, 4.69) is 34.2 Å². The molecule has 2 aromatic rings. The van der Waals surface area contributed by atoms with Gasteiger partial charge in [-0.1, -0.05) is 36.4 Å². The molecule has 0 saturated carbocycles. The van der Waals surface area contributed by atoms with Crippen LogP contribution in [0, 0.1) is 0 Å². The second-order valence-electron chi connectivity index (χ2n) is 4.46. The summed E-state index contributed by atoms with van der Waals surface area (Å²) >= 11 is 0. The Morgan fingerprint density at radius 1 is 0.895 bits per heavy atom. The molecule has 0 aromatic heterocycles. The van der Waals surface area contributed by atoms with Crippen molar-refractivity contribution in [3.05, 3.63) is 66.2 Å². The van der Waals surface area contributed by atoms with Crippen LogP contribution in [0.15, 0.2) is 65.7 Å². The van der Waals surface area contributed by atoms with Crippen LogP contribution in [0.1, 0.15) is 5.56 Å². The molecule has 0 bridgehead atoms. The highest BCUT2D eigenvalue weighted by atomic mass is 15.1. The van der Waals surface area contributed by atoms with E-state index in [1.807, 2.05) is 62.8 Å². The highest BCUT2D eigenvalue weighted by Crippen LogP contribution is 2.13. The van der Waals surface area contributed by atoms with E-state index in [0.717, 1.165) is 5.69 Å². The molecule has 0 N–H and O–H groups in total. The number of benzene rings is 2. The van der Waals surface area contributed by atoms with Crippen molar-refractivity contribution in [2.45, 2.75) is 0 Å². The Morgan fingerprint density at radius 3 is 2.21 bits per heavy atom. The molecule has 0 unspecified atom stereocenters. The molecule has 0 saturated heterocycles. The van der Waals surface area contributed by atoms with Crippen LogP contribution in [0.2, 0.25) is 0 Å². The average Bonchev–Trinajstić information content (AvgIpc) is 2.45. The van der Waals surface area contributed by atoms with E-state index in [9.17, 15) is 0 Å². The van der Waals surface area contributed by atoms with E-state index >= 15 is 0 Å². The Bertz CT molecular complexity index is 552. The molecule has 0 aliphatic rings. The number of nitrogens with zero attached hydrogens (tertiary/aromatic N) is 2. The van der Waals surface area contributed by atoms with Gasteiger partial charge in [0.1, 0.15) is 0 Å². The van der Waals surface area contributed by atoms with Crippen molar-refractivity contribution >= 4 is 23.7 Å². The zero-order chi connectivity index (χ0) is 13.5. The van der Waals surface area contributed by atoms with E-state index in [0.29, 0.717) is 0 Å². The Balaban J connectivity index is 1.97. The van der Waals surface area contributed by atoms with Gasteiger partial charge in [-0.15, -0.1) is 0 Å². The van der Waals surface area contributed by atoms with Gasteiger partial charge in [0.2, 0.25) is 0 Å². The number of aliphatic imine (C=N–C) groups is 1. The maximum absolute atomic E-state index is 4.35. The van der Waals surface area contributed by atoms with Crippen molar-refractivity contribution in [2.75, 3.05) is 19.0 Å². The van der Waals surface area contributed by atoms with Gasteiger partial charge < -0.3 is 4.90 Å². The zero-order valence-corrected chi connectivity index (χ0v) is 11.3. The normalized spacial score (nSPS) is 11.3. The number of allylic oxidation sites excluding steroid dienone is 1. The van der Waals surface area contributed by atoms with Crippen LogP contribution in [0.5, 0.6) is 0 Å². The lowest BCUT2D eigenvalue weighted by atomic mass is 10.2. The van der Waals surface area contributed by atoms with E-state index in [4.69, 9.17) is 0 Å². The second-order valence-corrected chi connectivity index (χ2v) is 4.46. The molecule has 2 aromatic carbocycles. The number of hydrogen-bond acceptors (Lipinski definition) is 2. The summed E-state index contributed by atoms with van der Waals surface area (Å²) in [5, 5.41) is 0. The molecule has 0 atom stereocenters. The van der Waals surface area contributed by atoms with Crippen LogP contribution in [0.25, 0.3) is 6.08 Å². The van der Waals surface area contributed by atoms with Crippen molar-refractivity contribution in [3.63, 3.8) is 0 Å². The Kier molecular flexibility index (Phi) is 4.51. The summed E-state index contributed by atoms with van der Waals surface area (Å²) in [5.41, 5.74) is 3.34. The Morgan fingerprint density at radius 2 is 1.58 bits per heavy atom. The van der Waals surface area contributed by atoms with E-state index in [1.54, 1.807) is 0 Å². The third kappa shape index (κ3) is 4.11. The van der Waals surface area contributed by atoms with Crippen molar-refractivity contribution in [3.8, 4) is 0 Å². The highest BCUT2D eigenvalue weighted by Gasteiger charge is 1.92. The predicted octanol–water partition coefficient (Wildman–Crippen LogP) is 4.17. The molecule has 2 rings (SSSR count). The Hall–Kier alpha value is -2.35. The van der Waals surface area contributed by atoms with Gasteiger partial charge in [-0.05, 0) is 35.9 Å². The maximum Gasteiger partial charge on any atom is 0.0629 e. The van der Waals surface area contributed by atoms with Gasteiger partial charge in [-0.2, -0.15) is 0 Å². The first-order valence-electron chi connectivity index (χ1n) is 6.29. The lowest BCUT2D eigenvalue weighted by Gasteiger charge is -2.11. The third-order valence-corrected chi connectivity index (χ3v) is 2.76. The lowest BCUT2D eigenvalue weighted by Crippen LogP contribution is -2.07. The summed E-state index contributed by atoms with van der Waals surface area (Å²) < 4.78 is 0. The summed E-state index contributed by atoms with van der Waals surface area (Å²) in [6.45, 7) is 0. The zero-order valence-electron chi connectivity index (χ0n) is 11.3. The number of para-hydroxylation sites is 1. The molecule has 2 nitrogen and oxygen atoms in total. The number of anilines is 1. The first-order chi connectivity index (χ1) is 9.25. The van der Waals surface area contributed by atoms with E-state index in [-0.39, 0.29) is 0 Å². The smallest absolute Gasteiger partial charge is 0.0629 e. The average molecular weight is 250 g/mol. The van der Waals surface area contributed by atoms with Gasteiger partial charge in [0.25, 0.3) is 0 Å². The summed E-state index contributed by atoms with van der Waals surface area (Å²) in [4.78, 5) is 6.43. The SMILES string of the molecule is CN(C)c1ccc(/C=C/C=N/c2ccccc2)cc1. The largest absolute Gasteiger partial charge is 0.378 e. The quantitative estimate of drug-likeness (QED) is 0.744. The third-order valence-electron chi connectivity index (χ3n) is 2.76. The molecule has 96 valence electrons. The molecule has 0 aliphatic carbocycles. The van der Waals surface area contributed by atoms with Crippen molar-refractivity contribution in [1.29, 1.82) is 0 Å². The summed E-state index contributed by atoms with van der Waals surface area (Å²) in [6, 6.07) is 18.3. The second kappa shape index (κ2) is 6.55. The first-order valence-corrected chi connectivity index (χ1v) is 6.29. The number of rotatable bonds is 4. The molecular weight excluding hydrogens is 232 g/mol. The van der Waals surface area contributed by atoms with Crippen LogP contribution in [-0.2, 0) is 0 Å². The fourth-order valence-corrected chi connectivity index (χ4v) is 1.68. The van der Waals surface area contributed by atoms with Crippen molar-refractivity contribution < 1.29 is 0 Å². The molecule has 0 heterocycles. The van der Waals surface area contributed by atoms with Crippen LogP contribution >= 0.6 is 0 Å². The summed E-state index contributed by atoms with van der Waals surface area (Å²) in [6.07, 6.45) is 5.82. The summed E-state index contributed by atoms with van der Waals surface area (Å²) in [5.74, 6) is 0. The van der Waals surface area contributed by atoms with Crippen LogP contribution in [0.3, 0.4) is 0 Å². The standard InChI is InChI=1S/C17H18N2/c1-19(2)17-12-10-15(11-13-17)7-6-14-18-16-8-4-3-5-9-16/h3-14H,1-2H3/b7-6+,18-14+. The minimum atomic E-state index is 0.968. The fourth-order valence-electron chi connectivity index (χ4n) is 1.68. The molecule has 0 radical (unpaired) electrons. The van der Waals surface area contributed by atoms with E-state index in [1.165, 1.54) is 11.3 Å². The highest BCUT2D eigenvalue weighted by molar-refractivity contribution is 5.80. The van der Waals surface area contributed by atoms with Gasteiger partial charge >= 0.3 is 0 Å². The first kappa shape index (κ1) is 13.1. The van der Waals surface area contributed by atoms with Gasteiger partial charge in [-0.25, -0.2) is 0 Å². The van der Waals surface area contributed by atoms with Crippen molar-refractivity contribution in [1.82, 2.24) is 0 Å². The monoisotopic (exact) mass is 250 g/mol. The van der Waals surface area contributed by atoms with Crippen LogP contribution in [0.4, 0.5) is 11.4 Å². The van der Waals surface area contributed by atoms with Gasteiger partial charge in [0.15, 0.2) is 0 Å². The van der Waals surface area contributed by atoms with Crippen LogP contribution < -0.4 is 4.90 Å². The molecular formula is C17H18N2. The summed E-state index contributed by atoms with van der Waals surface area (Å²) in [7, 11) is 4.08.